The van der Waals surface area contributed by atoms with Crippen LogP contribution in [-0.4, -0.2) is 11.4 Å². The van der Waals surface area contributed by atoms with Crippen LogP contribution in [0.2, 0.25) is 0 Å². The van der Waals surface area contributed by atoms with E-state index in [0.717, 1.165) is 0 Å². The second kappa shape index (κ2) is 2.39. The third-order valence-electron chi connectivity index (χ3n) is 1.19. The van der Waals surface area contributed by atoms with Crippen molar-refractivity contribution in [3.05, 3.63) is 23.8 Å². The number of nitrogen functional groups attached to an aromatic ring is 1. The zero-order valence-corrected chi connectivity index (χ0v) is 5.24. The van der Waals surface area contributed by atoms with E-state index in [0.29, 0.717) is 11.8 Å². The number of nitrogens with two attached hydrogens (primary N) is 1. The molecule has 0 spiro atoms. The Kier molecular flexibility index (Phi) is 1.58. The molecule has 0 saturated heterocycles. The maximum absolute atomic E-state index is 10.1. The van der Waals surface area contributed by atoms with Crippen molar-refractivity contribution in [3.63, 3.8) is 0 Å². The summed E-state index contributed by atoms with van der Waals surface area (Å²) in [7, 11) is 0. The summed E-state index contributed by atoms with van der Waals surface area (Å²) in [5, 5.41) is 8.95. The Balaban J connectivity index is 3.16. The van der Waals surface area contributed by atoms with Crippen LogP contribution in [0.3, 0.4) is 0 Å². The summed E-state index contributed by atoms with van der Waals surface area (Å²) in [5.74, 6) is -0.0513. The first-order valence-corrected chi connectivity index (χ1v) is 2.77. The summed E-state index contributed by atoms with van der Waals surface area (Å²) in [6.45, 7) is 0. The van der Waals surface area contributed by atoms with E-state index in [-0.39, 0.29) is 11.4 Å². The van der Waals surface area contributed by atoms with Gasteiger partial charge in [0, 0.05) is 5.56 Å². The molecule has 0 aliphatic heterocycles. The molecule has 0 aromatic heterocycles. The fraction of sp³-hybridized carbons (Fsp3) is 0. The van der Waals surface area contributed by atoms with Crippen LogP contribution in [0.25, 0.3) is 0 Å². The van der Waals surface area contributed by atoms with Crippen molar-refractivity contribution in [1.82, 2.24) is 0 Å². The normalized spacial score (nSPS) is 9.20. The molecule has 3 nitrogen and oxygen atoms in total. The van der Waals surface area contributed by atoms with Crippen LogP contribution in [0.1, 0.15) is 10.4 Å². The minimum absolute atomic E-state index is 0.0513. The lowest BCUT2D eigenvalue weighted by Gasteiger charge is -1.96. The topological polar surface area (TPSA) is 63.3 Å². The molecule has 1 rings (SSSR count). The Morgan fingerprint density at radius 2 is 2.20 bits per heavy atom. The van der Waals surface area contributed by atoms with Crippen LogP contribution in [-0.2, 0) is 0 Å². The molecule has 0 aliphatic rings. The predicted octanol–water partition coefficient (Wildman–Crippen LogP) is 0.787. The lowest BCUT2D eigenvalue weighted by molar-refractivity contribution is 0.112. The zero-order valence-electron chi connectivity index (χ0n) is 5.24. The van der Waals surface area contributed by atoms with Gasteiger partial charge < -0.3 is 10.8 Å². The van der Waals surface area contributed by atoms with Crippen LogP contribution in [0.4, 0.5) is 5.69 Å². The number of aromatic hydroxyl groups is 1. The van der Waals surface area contributed by atoms with Crippen molar-refractivity contribution in [2.45, 2.75) is 0 Å². The maximum Gasteiger partial charge on any atom is 0.150 e. The highest BCUT2D eigenvalue weighted by molar-refractivity contribution is 5.77. The fourth-order valence-electron chi connectivity index (χ4n) is 0.634. The molecule has 0 aliphatic carbocycles. The molecule has 1 aromatic carbocycles. The van der Waals surface area contributed by atoms with E-state index >= 15 is 0 Å². The Morgan fingerprint density at radius 1 is 1.50 bits per heavy atom. The summed E-state index contributed by atoms with van der Waals surface area (Å²) < 4.78 is 0. The number of phenolic OH excluding ortho intramolecular Hbond substituents is 1. The van der Waals surface area contributed by atoms with Gasteiger partial charge in [0.1, 0.15) is 12.0 Å². The number of carbonyl (C=O) groups excluding carboxylic acids is 1. The van der Waals surface area contributed by atoms with Gasteiger partial charge in [-0.25, -0.2) is 0 Å². The fourth-order valence-corrected chi connectivity index (χ4v) is 0.634. The summed E-state index contributed by atoms with van der Waals surface area (Å²) in [5.41, 5.74) is 5.98. The molecule has 3 heteroatoms. The number of phenols is 1. The van der Waals surface area contributed by atoms with E-state index in [4.69, 9.17) is 10.8 Å². The second-order valence-electron chi connectivity index (χ2n) is 1.94. The van der Waals surface area contributed by atoms with Gasteiger partial charge in [0.05, 0.1) is 5.69 Å². The third kappa shape index (κ3) is 1.07. The van der Waals surface area contributed by atoms with Gasteiger partial charge >= 0.3 is 0 Å². The van der Waals surface area contributed by atoms with E-state index in [1.54, 1.807) is 6.07 Å². The number of hydrogen-bond donors (Lipinski definition) is 2. The number of aldehydes is 1. The molecule has 0 atom stereocenters. The maximum atomic E-state index is 10.1. The van der Waals surface area contributed by atoms with Gasteiger partial charge in [-0.3, -0.25) is 4.79 Å². The minimum atomic E-state index is -0.0513. The molecule has 0 bridgehead atoms. The molecule has 0 amide bonds. The van der Waals surface area contributed by atoms with Crippen LogP contribution in [0.15, 0.2) is 18.2 Å². The Hall–Kier alpha value is -1.51. The molecular formula is C7H7NO2. The van der Waals surface area contributed by atoms with Crippen molar-refractivity contribution in [1.29, 1.82) is 0 Å². The number of anilines is 1. The lowest BCUT2D eigenvalue weighted by atomic mass is 10.2. The molecule has 3 N–H and O–H groups in total. The molecular weight excluding hydrogens is 130 g/mol. The van der Waals surface area contributed by atoms with E-state index in [1.807, 2.05) is 0 Å². The molecule has 0 radical (unpaired) electrons. The van der Waals surface area contributed by atoms with Gasteiger partial charge in [-0.1, -0.05) is 0 Å². The highest BCUT2D eigenvalue weighted by atomic mass is 16.3. The smallest absolute Gasteiger partial charge is 0.150 e. The Bertz CT molecular complexity index is 258. The van der Waals surface area contributed by atoms with Gasteiger partial charge in [0.2, 0.25) is 0 Å². The average molecular weight is 137 g/mol. The molecule has 52 valence electrons. The van der Waals surface area contributed by atoms with Gasteiger partial charge in [-0.2, -0.15) is 0 Å². The zero-order chi connectivity index (χ0) is 7.56. The third-order valence-corrected chi connectivity index (χ3v) is 1.19. The second-order valence-corrected chi connectivity index (χ2v) is 1.94. The van der Waals surface area contributed by atoms with Crippen LogP contribution in [0.5, 0.6) is 5.75 Å². The van der Waals surface area contributed by atoms with Crippen molar-refractivity contribution < 1.29 is 9.90 Å². The molecule has 0 heterocycles. The van der Waals surface area contributed by atoms with Crippen molar-refractivity contribution in [2.75, 3.05) is 5.73 Å². The van der Waals surface area contributed by atoms with Crippen molar-refractivity contribution >= 4 is 12.0 Å². The van der Waals surface area contributed by atoms with Crippen LogP contribution < -0.4 is 5.73 Å². The molecule has 10 heavy (non-hydrogen) atoms. The summed E-state index contributed by atoms with van der Waals surface area (Å²) in [4.78, 5) is 10.1. The number of hydrogen-bond acceptors (Lipinski definition) is 3. The highest BCUT2D eigenvalue weighted by Gasteiger charge is 1.95. The van der Waals surface area contributed by atoms with Crippen LogP contribution in [0, 0.1) is 0 Å². The van der Waals surface area contributed by atoms with Crippen molar-refractivity contribution in [3.8, 4) is 5.75 Å². The van der Waals surface area contributed by atoms with Gasteiger partial charge in [-0.05, 0) is 18.2 Å². The SMILES string of the molecule is Nc1ccc(C=O)cc1O. The highest BCUT2D eigenvalue weighted by Crippen LogP contribution is 2.19. The molecule has 0 fully saturated rings. The quantitative estimate of drug-likeness (QED) is 0.341. The first kappa shape index (κ1) is 6.61. The molecule has 1 aromatic rings. The molecule has 0 unspecified atom stereocenters. The van der Waals surface area contributed by atoms with Gasteiger partial charge in [-0.15, -0.1) is 0 Å². The predicted molar refractivity (Wildman–Crippen MR) is 37.9 cm³/mol. The minimum Gasteiger partial charge on any atom is -0.506 e. The standard InChI is InChI=1S/C7H7NO2/c8-6-2-1-5(4-9)3-7(6)10/h1-4,10H,8H2. The van der Waals surface area contributed by atoms with Crippen molar-refractivity contribution in [2.24, 2.45) is 0 Å². The number of rotatable bonds is 1. The molecule has 0 saturated carbocycles. The summed E-state index contributed by atoms with van der Waals surface area (Å²) in [6, 6.07) is 4.35. The van der Waals surface area contributed by atoms with Crippen LogP contribution >= 0.6 is 0 Å². The number of benzene rings is 1. The van der Waals surface area contributed by atoms with E-state index < -0.39 is 0 Å². The summed E-state index contributed by atoms with van der Waals surface area (Å²) in [6.07, 6.45) is 0.652. The first-order chi connectivity index (χ1) is 4.74. The van der Waals surface area contributed by atoms with Gasteiger partial charge in [0.25, 0.3) is 0 Å². The first-order valence-electron chi connectivity index (χ1n) is 2.77. The Morgan fingerprint density at radius 3 is 2.70 bits per heavy atom. The number of carbonyl (C=O) groups is 1. The Labute approximate surface area is 58.1 Å². The van der Waals surface area contributed by atoms with E-state index in [2.05, 4.69) is 0 Å². The summed E-state index contributed by atoms with van der Waals surface area (Å²) >= 11 is 0. The van der Waals surface area contributed by atoms with E-state index in [1.165, 1.54) is 12.1 Å². The monoisotopic (exact) mass is 137 g/mol. The van der Waals surface area contributed by atoms with Gasteiger partial charge in [0.15, 0.2) is 0 Å². The lowest BCUT2D eigenvalue weighted by Crippen LogP contribution is -1.86. The van der Waals surface area contributed by atoms with E-state index in [9.17, 15) is 4.79 Å². The average Bonchev–Trinajstić information content (AvgIpc) is 1.95. The largest absolute Gasteiger partial charge is 0.506 e.